The predicted octanol–water partition coefficient (Wildman–Crippen LogP) is 2.84. The topological polar surface area (TPSA) is 41.8 Å². The molecule has 1 unspecified atom stereocenters. The van der Waals surface area contributed by atoms with Crippen molar-refractivity contribution in [1.29, 1.82) is 0 Å². The normalized spacial score (nSPS) is 24.1. The van der Waals surface area contributed by atoms with Crippen LogP contribution in [0.4, 0.5) is 0 Å². The van der Waals surface area contributed by atoms with Crippen LogP contribution < -0.4 is 5.73 Å². The van der Waals surface area contributed by atoms with Gasteiger partial charge in [0.25, 0.3) is 0 Å². The summed E-state index contributed by atoms with van der Waals surface area (Å²) in [4.78, 5) is 3.40. The van der Waals surface area contributed by atoms with Crippen LogP contribution in [0.15, 0.2) is 54.6 Å². The molecule has 1 heterocycles. The number of nitrogens with one attached hydrogen (secondary N) is 1. The third-order valence-electron chi connectivity index (χ3n) is 3.13. The molecule has 0 fully saturated rings. The van der Waals surface area contributed by atoms with E-state index in [4.69, 9.17) is 5.73 Å². The van der Waals surface area contributed by atoms with E-state index in [-0.39, 0.29) is 5.54 Å². The fraction of sp³-hybridized carbons (Fsp3) is 0.143. The van der Waals surface area contributed by atoms with Crippen LogP contribution in [0.25, 0.3) is 10.9 Å². The first-order valence-electron chi connectivity index (χ1n) is 5.49. The molecule has 1 aromatic carbocycles. The van der Waals surface area contributed by atoms with Crippen LogP contribution in [0.5, 0.6) is 0 Å². The molecule has 1 atom stereocenters. The number of rotatable bonds is 1. The number of para-hydroxylation sites is 1. The summed E-state index contributed by atoms with van der Waals surface area (Å²) in [5, 5.41) is 1.21. The second kappa shape index (κ2) is 3.35. The van der Waals surface area contributed by atoms with Crippen molar-refractivity contribution in [2.75, 3.05) is 0 Å². The summed E-state index contributed by atoms with van der Waals surface area (Å²) >= 11 is 0. The van der Waals surface area contributed by atoms with E-state index in [2.05, 4.69) is 35.3 Å². The lowest BCUT2D eigenvalue weighted by Crippen LogP contribution is -2.35. The van der Waals surface area contributed by atoms with Crippen molar-refractivity contribution in [3.05, 3.63) is 60.3 Å². The van der Waals surface area contributed by atoms with Gasteiger partial charge in [-0.05, 0) is 23.9 Å². The van der Waals surface area contributed by atoms with Crippen molar-refractivity contribution >= 4 is 10.9 Å². The smallest absolute Gasteiger partial charge is 0.0785 e. The maximum Gasteiger partial charge on any atom is 0.0785 e. The monoisotopic (exact) mass is 210 g/mol. The van der Waals surface area contributed by atoms with Gasteiger partial charge in [0.1, 0.15) is 0 Å². The number of aromatic nitrogens is 1. The molecule has 1 aromatic heterocycles. The van der Waals surface area contributed by atoms with Gasteiger partial charge in [0.2, 0.25) is 0 Å². The van der Waals surface area contributed by atoms with Crippen LogP contribution in [0.1, 0.15) is 12.1 Å². The van der Waals surface area contributed by atoms with Crippen molar-refractivity contribution in [3.8, 4) is 0 Å². The molecule has 1 aliphatic carbocycles. The maximum absolute atomic E-state index is 6.37. The summed E-state index contributed by atoms with van der Waals surface area (Å²) in [6, 6.07) is 10.4. The summed E-state index contributed by atoms with van der Waals surface area (Å²) in [5.41, 5.74) is 8.22. The van der Waals surface area contributed by atoms with E-state index < -0.39 is 0 Å². The Bertz CT molecular complexity index is 544. The van der Waals surface area contributed by atoms with E-state index in [9.17, 15) is 0 Å². The number of aromatic amines is 1. The van der Waals surface area contributed by atoms with Gasteiger partial charge in [-0.25, -0.2) is 0 Å². The number of H-pyrrole nitrogens is 1. The Labute approximate surface area is 94.5 Å². The minimum absolute atomic E-state index is 0.381. The van der Waals surface area contributed by atoms with Crippen LogP contribution in [-0.2, 0) is 5.54 Å². The Morgan fingerprint density at radius 1 is 1.19 bits per heavy atom. The largest absolute Gasteiger partial charge is 0.357 e. The Morgan fingerprint density at radius 3 is 2.81 bits per heavy atom. The highest BCUT2D eigenvalue weighted by Crippen LogP contribution is 2.28. The molecule has 0 saturated carbocycles. The molecule has 1 aliphatic rings. The Kier molecular flexibility index (Phi) is 1.98. The van der Waals surface area contributed by atoms with Gasteiger partial charge in [-0.15, -0.1) is 0 Å². The van der Waals surface area contributed by atoms with Crippen molar-refractivity contribution in [1.82, 2.24) is 4.98 Å². The van der Waals surface area contributed by atoms with Crippen LogP contribution >= 0.6 is 0 Å². The lowest BCUT2D eigenvalue weighted by molar-refractivity contribution is 0.551. The van der Waals surface area contributed by atoms with Gasteiger partial charge >= 0.3 is 0 Å². The average molecular weight is 210 g/mol. The summed E-state index contributed by atoms with van der Waals surface area (Å²) in [7, 11) is 0. The van der Waals surface area contributed by atoms with Crippen molar-refractivity contribution < 1.29 is 0 Å². The summed E-state index contributed by atoms with van der Waals surface area (Å²) < 4.78 is 0. The minimum Gasteiger partial charge on any atom is -0.357 e. The van der Waals surface area contributed by atoms with Crippen LogP contribution in [-0.4, -0.2) is 4.98 Å². The molecule has 0 spiro atoms. The number of hydrogen-bond acceptors (Lipinski definition) is 1. The molecular weight excluding hydrogens is 196 g/mol. The molecule has 0 bridgehead atoms. The second-order valence-electron chi connectivity index (χ2n) is 4.30. The molecule has 0 amide bonds. The third-order valence-corrected chi connectivity index (χ3v) is 3.13. The van der Waals surface area contributed by atoms with Gasteiger partial charge in [-0.1, -0.05) is 42.5 Å². The van der Waals surface area contributed by atoms with E-state index in [0.717, 1.165) is 17.6 Å². The highest BCUT2D eigenvalue weighted by molar-refractivity contribution is 5.80. The Balaban J connectivity index is 2.12. The zero-order chi connectivity index (χ0) is 11.0. The van der Waals surface area contributed by atoms with Crippen molar-refractivity contribution in [3.63, 3.8) is 0 Å². The van der Waals surface area contributed by atoms with Gasteiger partial charge in [-0.3, -0.25) is 0 Å². The second-order valence-corrected chi connectivity index (χ2v) is 4.30. The lowest BCUT2D eigenvalue weighted by atomic mass is 9.89. The molecular formula is C14H14N2. The highest BCUT2D eigenvalue weighted by Gasteiger charge is 2.25. The highest BCUT2D eigenvalue weighted by atomic mass is 14.8. The number of hydrogen-bond donors (Lipinski definition) is 2. The van der Waals surface area contributed by atoms with E-state index in [0.29, 0.717) is 0 Å². The molecule has 3 N–H and O–H groups in total. The Hall–Kier alpha value is -1.80. The quantitative estimate of drug-likeness (QED) is 0.746. The first-order valence-corrected chi connectivity index (χ1v) is 5.49. The van der Waals surface area contributed by atoms with E-state index in [1.807, 2.05) is 24.3 Å². The van der Waals surface area contributed by atoms with Crippen molar-refractivity contribution in [2.24, 2.45) is 5.73 Å². The molecule has 3 rings (SSSR count). The molecule has 0 saturated heterocycles. The molecule has 2 heteroatoms. The zero-order valence-electron chi connectivity index (χ0n) is 8.98. The first kappa shape index (κ1) is 9.43. The predicted molar refractivity (Wildman–Crippen MR) is 67.1 cm³/mol. The standard InChI is InChI=1S/C14H14N2/c15-14(8-4-1-5-9-14)13-10-11-6-2-3-7-12(11)16-13/h1-8,10,16H,9,15H2. The molecule has 80 valence electrons. The summed E-state index contributed by atoms with van der Waals surface area (Å²) in [6.07, 6.45) is 9.04. The number of fused-ring (bicyclic) bond motifs is 1. The lowest BCUT2D eigenvalue weighted by Gasteiger charge is -2.25. The molecule has 0 radical (unpaired) electrons. The first-order chi connectivity index (χ1) is 7.78. The SMILES string of the molecule is NC1(c2cc3ccccc3[nH]2)C=CC=CC1. The van der Waals surface area contributed by atoms with Gasteiger partial charge < -0.3 is 10.7 Å². The molecule has 2 aromatic rings. The van der Waals surface area contributed by atoms with E-state index >= 15 is 0 Å². The Morgan fingerprint density at radius 2 is 2.06 bits per heavy atom. The van der Waals surface area contributed by atoms with Gasteiger partial charge in [0.15, 0.2) is 0 Å². The van der Waals surface area contributed by atoms with Gasteiger partial charge in [-0.2, -0.15) is 0 Å². The van der Waals surface area contributed by atoms with Gasteiger partial charge in [0, 0.05) is 11.2 Å². The third kappa shape index (κ3) is 1.39. The molecule has 0 aliphatic heterocycles. The average Bonchev–Trinajstić information content (AvgIpc) is 2.74. The van der Waals surface area contributed by atoms with Crippen molar-refractivity contribution in [2.45, 2.75) is 12.0 Å². The number of nitrogens with two attached hydrogens (primary N) is 1. The van der Waals surface area contributed by atoms with E-state index in [1.54, 1.807) is 0 Å². The van der Waals surface area contributed by atoms with Gasteiger partial charge in [0.05, 0.1) is 5.54 Å². The number of benzene rings is 1. The summed E-state index contributed by atoms with van der Waals surface area (Å²) in [6.45, 7) is 0. The minimum atomic E-state index is -0.381. The fourth-order valence-corrected chi connectivity index (χ4v) is 2.16. The van der Waals surface area contributed by atoms with Crippen LogP contribution in [0.2, 0.25) is 0 Å². The van der Waals surface area contributed by atoms with Crippen LogP contribution in [0.3, 0.4) is 0 Å². The summed E-state index contributed by atoms with van der Waals surface area (Å²) in [5.74, 6) is 0. The van der Waals surface area contributed by atoms with Crippen LogP contribution in [0, 0.1) is 0 Å². The molecule has 16 heavy (non-hydrogen) atoms. The fourth-order valence-electron chi connectivity index (χ4n) is 2.16. The maximum atomic E-state index is 6.37. The number of allylic oxidation sites excluding steroid dienone is 2. The van der Waals surface area contributed by atoms with E-state index in [1.165, 1.54) is 5.39 Å². The zero-order valence-corrected chi connectivity index (χ0v) is 8.98. The molecule has 2 nitrogen and oxygen atoms in total.